The largest absolute Gasteiger partial charge is 0.381 e. The highest BCUT2D eigenvalue weighted by molar-refractivity contribution is 5.79. The number of aliphatic imine (C=N–C) groups is 1. The second kappa shape index (κ2) is 12.8. The highest BCUT2D eigenvalue weighted by atomic mass is 19.1. The van der Waals surface area contributed by atoms with E-state index in [4.69, 9.17) is 14.2 Å². The van der Waals surface area contributed by atoms with Gasteiger partial charge in [-0.1, -0.05) is 12.1 Å². The van der Waals surface area contributed by atoms with E-state index in [2.05, 4.69) is 20.5 Å². The van der Waals surface area contributed by atoms with Crippen LogP contribution in [0, 0.1) is 11.7 Å². The molecule has 1 aromatic rings. The number of halogens is 1. The Labute approximate surface area is 179 Å². The molecule has 168 valence electrons. The normalized spacial score (nSPS) is 21.5. The first kappa shape index (κ1) is 22.9. The number of rotatable bonds is 10. The maximum absolute atomic E-state index is 13.8. The van der Waals surface area contributed by atoms with Crippen LogP contribution >= 0.6 is 0 Å². The number of nitrogens with zero attached hydrogens (tertiary/aromatic N) is 2. The SMILES string of the molecule is CN=C(NCCCOCC1CCOC1)NCC(c1cccc(F)c1)N1CCOCC1. The minimum atomic E-state index is -0.211. The van der Waals surface area contributed by atoms with Gasteiger partial charge in [0.25, 0.3) is 0 Å². The number of morpholine rings is 1. The molecule has 2 saturated heterocycles. The topological polar surface area (TPSA) is 67.4 Å². The second-order valence-corrected chi connectivity index (χ2v) is 7.76. The Morgan fingerprint density at radius 2 is 2.13 bits per heavy atom. The van der Waals surface area contributed by atoms with Gasteiger partial charge in [-0.2, -0.15) is 0 Å². The van der Waals surface area contributed by atoms with Crippen LogP contribution in [0.1, 0.15) is 24.4 Å². The molecule has 8 heteroatoms. The summed E-state index contributed by atoms with van der Waals surface area (Å²) in [5.41, 5.74) is 0.962. The van der Waals surface area contributed by atoms with Crippen LogP contribution in [0.3, 0.4) is 0 Å². The lowest BCUT2D eigenvalue weighted by Gasteiger charge is -2.35. The predicted molar refractivity (Wildman–Crippen MR) is 115 cm³/mol. The van der Waals surface area contributed by atoms with E-state index in [0.717, 1.165) is 70.4 Å². The summed E-state index contributed by atoms with van der Waals surface area (Å²) >= 11 is 0. The Kier molecular flexibility index (Phi) is 9.82. The van der Waals surface area contributed by atoms with Crippen molar-refractivity contribution in [2.75, 3.05) is 72.9 Å². The average molecular weight is 423 g/mol. The van der Waals surface area contributed by atoms with Gasteiger partial charge < -0.3 is 24.8 Å². The summed E-state index contributed by atoms with van der Waals surface area (Å²) in [4.78, 5) is 6.65. The van der Waals surface area contributed by atoms with Crippen molar-refractivity contribution in [2.45, 2.75) is 18.9 Å². The van der Waals surface area contributed by atoms with Crippen LogP contribution in [0.25, 0.3) is 0 Å². The number of ether oxygens (including phenoxy) is 3. The number of guanidine groups is 1. The van der Waals surface area contributed by atoms with Gasteiger partial charge in [0.15, 0.2) is 5.96 Å². The van der Waals surface area contributed by atoms with Crippen LogP contribution in [0.5, 0.6) is 0 Å². The van der Waals surface area contributed by atoms with Crippen LogP contribution in [0.2, 0.25) is 0 Å². The zero-order valence-corrected chi connectivity index (χ0v) is 17.9. The maximum atomic E-state index is 13.8. The molecule has 2 aliphatic heterocycles. The Bertz CT molecular complexity index is 649. The van der Waals surface area contributed by atoms with Gasteiger partial charge in [0.2, 0.25) is 0 Å². The predicted octanol–water partition coefficient (Wildman–Crippen LogP) is 1.81. The van der Waals surface area contributed by atoms with Gasteiger partial charge in [0.05, 0.1) is 32.5 Å². The lowest BCUT2D eigenvalue weighted by molar-refractivity contribution is 0.0169. The molecule has 2 fully saturated rings. The number of nitrogens with one attached hydrogen (secondary N) is 2. The number of hydrogen-bond donors (Lipinski definition) is 2. The number of hydrogen-bond acceptors (Lipinski definition) is 5. The average Bonchev–Trinajstić information content (AvgIpc) is 3.29. The Balaban J connectivity index is 1.42. The van der Waals surface area contributed by atoms with Crippen molar-refractivity contribution >= 4 is 5.96 Å². The molecule has 2 unspecified atom stereocenters. The fourth-order valence-corrected chi connectivity index (χ4v) is 3.82. The Morgan fingerprint density at radius 3 is 2.87 bits per heavy atom. The van der Waals surface area contributed by atoms with E-state index < -0.39 is 0 Å². The van der Waals surface area contributed by atoms with Crippen molar-refractivity contribution < 1.29 is 18.6 Å². The molecule has 2 atom stereocenters. The van der Waals surface area contributed by atoms with Gasteiger partial charge in [0, 0.05) is 52.4 Å². The third kappa shape index (κ3) is 7.50. The molecule has 1 aromatic carbocycles. The minimum absolute atomic E-state index is 0.0557. The summed E-state index contributed by atoms with van der Waals surface area (Å²) in [5, 5.41) is 6.73. The van der Waals surface area contributed by atoms with Crippen molar-refractivity contribution in [3.63, 3.8) is 0 Å². The fraction of sp³-hybridized carbons (Fsp3) is 0.682. The van der Waals surface area contributed by atoms with Gasteiger partial charge in [-0.25, -0.2) is 4.39 Å². The molecule has 3 rings (SSSR count). The smallest absolute Gasteiger partial charge is 0.191 e. The highest BCUT2D eigenvalue weighted by Crippen LogP contribution is 2.22. The van der Waals surface area contributed by atoms with Crippen LogP contribution in [0.15, 0.2) is 29.3 Å². The third-order valence-electron chi connectivity index (χ3n) is 5.54. The third-order valence-corrected chi connectivity index (χ3v) is 5.54. The molecule has 30 heavy (non-hydrogen) atoms. The lowest BCUT2D eigenvalue weighted by atomic mass is 10.0. The molecule has 0 aromatic heterocycles. The summed E-state index contributed by atoms with van der Waals surface area (Å²) < 4.78 is 30.4. The second-order valence-electron chi connectivity index (χ2n) is 7.76. The standard InChI is InChI=1S/C22H35FN4O3/c1-24-22(25-7-3-10-29-16-18-6-11-30-17-18)26-15-21(27-8-12-28-13-9-27)19-4-2-5-20(23)14-19/h2,4-5,14,18,21H,3,6-13,15-17H2,1H3,(H2,24,25,26). The van der Waals surface area contributed by atoms with Gasteiger partial charge in [-0.3, -0.25) is 9.89 Å². The van der Waals surface area contributed by atoms with E-state index in [0.29, 0.717) is 25.7 Å². The summed E-state index contributed by atoms with van der Waals surface area (Å²) in [7, 11) is 1.76. The quantitative estimate of drug-likeness (QED) is 0.341. The van der Waals surface area contributed by atoms with Crippen molar-refractivity contribution in [3.8, 4) is 0 Å². The molecule has 0 aliphatic carbocycles. The molecule has 0 spiro atoms. The fourth-order valence-electron chi connectivity index (χ4n) is 3.82. The molecule has 7 nitrogen and oxygen atoms in total. The molecule has 2 N–H and O–H groups in total. The van der Waals surface area contributed by atoms with Crippen LogP contribution in [-0.2, 0) is 14.2 Å². The van der Waals surface area contributed by atoms with E-state index in [1.54, 1.807) is 19.2 Å². The summed E-state index contributed by atoms with van der Waals surface area (Å²) in [5.74, 6) is 1.08. The van der Waals surface area contributed by atoms with Crippen molar-refractivity contribution in [1.82, 2.24) is 15.5 Å². The van der Waals surface area contributed by atoms with Crippen molar-refractivity contribution in [2.24, 2.45) is 10.9 Å². The monoisotopic (exact) mass is 422 g/mol. The van der Waals surface area contributed by atoms with Crippen LogP contribution < -0.4 is 10.6 Å². The molecule has 2 aliphatic rings. The molecule has 0 saturated carbocycles. The van der Waals surface area contributed by atoms with Crippen molar-refractivity contribution in [1.29, 1.82) is 0 Å². The Hall–Kier alpha value is -1.74. The summed E-state index contributed by atoms with van der Waals surface area (Å²) in [6.45, 7) is 7.67. The van der Waals surface area contributed by atoms with Gasteiger partial charge in [0.1, 0.15) is 5.82 Å². The molecular weight excluding hydrogens is 387 g/mol. The molecule has 0 radical (unpaired) electrons. The van der Waals surface area contributed by atoms with Gasteiger partial charge in [-0.05, 0) is 30.5 Å². The lowest BCUT2D eigenvalue weighted by Crippen LogP contribution is -2.46. The van der Waals surface area contributed by atoms with E-state index in [1.807, 2.05) is 6.07 Å². The number of benzene rings is 1. The molecule has 0 amide bonds. The van der Waals surface area contributed by atoms with Gasteiger partial charge in [-0.15, -0.1) is 0 Å². The Morgan fingerprint density at radius 1 is 1.27 bits per heavy atom. The zero-order valence-electron chi connectivity index (χ0n) is 17.9. The molecule has 2 heterocycles. The molecular formula is C22H35FN4O3. The van der Waals surface area contributed by atoms with Crippen LogP contribution in [-0.4, -0.2) is 83.7 Å². The highest BCUT2D eigenvalue weighted by Gasteiger charge is 2.23. The first-order valence-corrected chi connectivity index (χ1v) is 10.9. The zero-order chi connectivity index (χ0) is 21.0. The summed E-state index contributed by atoms with van der Waals surface area (Å²) in [6.07, 6.45) is 2.01. The molecule has 0 bridgehead atoms. The minimum Gasteiger partial charge on any atom is -0.381 e. The first-order chi connectivity index (χ1) is 14.8. The van der Waals surface area contributed by atoms with Crippen LogP contribution in [0.4, 0.5) is 4.39 Å². The first-order valence-electron chi connectivity index (χ1n) is 10.9. The summed E-state index contributed by atoms with van der Waals surface area (Å²) in [6, 6.07) is 6.90. The van der Waals surface area contributed by atoms with Crippen molar-refractivity contribution in [3.05, 3.63) is 35.6 Å². The van der Waals surface area contributed by atoms with E-state index >= 15 is 0 Å². The van der Waals surface area contributed by atoms with Gasteiger partial charge >= 0.3 is 0 Å². The van der Waals surface area contributed by atoms with E-state index in [9.17, 15) is 4.39 Å². The van der Waals surface area contributed by atoms with E-state index in [-0.39, 0.29) is 11.9 Å². The van der Waals surface area contributed by atoms with E-state index in [1.165, 1.54) is 6.07 Å². The maximum Gasteiger partial charge on any atom is 0.191 e.